The van der Waals surface area contributed by atoms with Crippen molar-refractivity contribution in [3.8, 4) is 0 Å². The Kier molecular flexibility index (Phi) is 14.9. The van der Waals surface area contributed by atoms with Crippen LogP contribution in [0.15, 0.2) is 36.4 Å². The average Bonchev–Trinajstić information content (AvgIpc) is 3.21. The minimum absolute atomic E-state index is 0.0408. The molecule has 234 valence electrons. The van der Waals surface area contributed by atoms with Gasteiger partial charge in [0, 0.05) is 45.1 Å². The van der Waals surface area contributed by atoms with Gasteiger partial charge in [-0.2, -0.15) is 11.8 Å². The van der Waals surface area contributed by atoms with E-state index in [1.165, 1.54) is 6.92 Å². The quantitative estimate of drug-likeness (QED) is 0.113. The minimum Gasteiger partial charge on any atom is -0.431 e. The van der Waals surface area contributed by atoms with Crippen molar-refractivity contribution in [2.75, 3.05) is 18.6 Å². The number of benzene rings is 1. The van der Waals surface area contributed by atoms with Gasteiger partial charge in [-0.05, 0) is 61.2 Å². The van der Waals surface area contributed by atoms with Crippen LogP contribution >= 0.6 is 11.8 Å². The number of thioether (sulfide) groups is 1. The number of ether oxygens (including phenoxy) is 4. The number of hydrogen-bond donors (Lipinski definition) is 2. The van der Waals surface area contributed by atoms with Crippen LogP contribution in [0.3, 0.4) is 0 Å². The maximum absolute atomic E-state index is 12.5. The first kappa shape index (κ1) is 34.1. The number of carbonyl (C=O) groups is 3. The molecule has 1 aromatic carbocycles. The third-order valence-corrected chi connectivity index (χ3v) is 8.75. The highest BCUT2D eigenvalue weighted by atomic mass is 32.2. The summed E-state index contributed by atoms with van der Waals surface area (Å²) in [4.78, 5) is 36.5. The van der Waals surface area contributed by atoms with Crippen LogP contribution in [0.25, 0.3) is 0 Å². The van der Waals surface area contributed by atoms with Crippen LogP contribution in [-0.2, 0) is 41.6 Å². The fraction of sp³-hybridized carbons (Fsp3) is 0.656. The molecule has 2 saturated carbocycles. The zero-order valence-corrected chi connectivity index (χ0v) is 25.6. The smallest absolute Gasteiger partial charge is 0.431 e. The molecule has 42 heavy (non-hydrogen) atoms. The lowest BCUT2D eigenvalue weighted by atomic mass is 9.91. The normalized spacial score (nSPS) is 22.7. The van der Waals surface area contributed by atoms with E-state index in [9.17, 15) is 24.6 Å². The Bertz CT molecular complexity index is 1020. The predicted molar refractivity (Wildman–Crippen MR) is 160 cm³/mol. The Morgan fingerprint density at radius 1 is 1.12 bits per heavy atom. The van der Waals surface area contributed by atoms with E-state index in [4.69, 9.17) is 18.9 Å². The Morgan fingerprint density at radius 2 is 1.88 bits per heavy atom. The minimum atomic E-state index is -1.01. The molecule has 1 aromatic rings. The summed E-state index contributed by atoms with van der Waals surface area (Å²) >= 11 is 1.64. The standard InChI is InChI=1S/C32H46O9S/c1-22(40-32(37)41-26-10-4-3-5-11-26)39-31(36)12-7-16-42-17-15-28-27(29(34)20-30(28)35)14-13-25(33)19-23-8-6-9-24(18-23)21-38-2/h6,8-9,13-14,18,22,25-29,33-34H,3-5,7,10-12,15-17,19-21H2,1-2H3/t22?,25-,27-,28-,29-/m1/s1. The second-order valence-electron chi connectivity index (χ2n) is 11.1. The van der Waals surface area contributed by atoms with Crippen LogP contribution < -0.4 is 0 Å². The van der Waals surface area contributed by atoms with Gasteiger partial charge in [0.05, 0.1) is 18.8 Å². The van der Waals surface area contributed by atoms with E-state index in [1.807, 2.05) is 24.3 Å². The highest BCUT2D eigenvalue weighted by Crippen LogP contribution is 2.34. The van der Waals surface area contributed by atoms with Crippen molar-refractivity contribution in [1.29, 1.82) is 0 Å². The van der Waals surface area contributed by atoms with Gasteiger partial charge in [-0.3, -0.25) is 9.59 Å². The molecule has 9 nitrogen and oxygen atoms in total. The molecule has 0 saturated heterocycles. The zero-order valence-electron chi connectivity index (χ0n) is 24.8. The van der Waals surface area contributed by atoms with Gasteiger partial charge in [-0.15, -0.1) is 0 Å². The van der Waals surface area contributed by atoms with E-state index in [0.29, 0.717) is 37.4 Å². The summed E-state index contributed by atoms with van der Waals surface area (Å²) in [7, 11) is 1.64. The Balaban J connectivity index is 1.31. The summed E-state index contributed by atoms with van der Waals surface area (Å²) in [6.45, 7) is 2.00. The van der Waals surface area contributed by atoms with Gasteiger partial charge in [-0.25, -0.2) is 4.79 Å². The second-order valence-corrected chi connectivity index (χ2v) is 12.4. The van der Waals surface area contributed by atoms with Gasteiger partial charge < -0.3 is 29.2 Å². The molecule has 3 rings (SSSR count). The molecule has 0 spiro atoms. The number of esters is 1. The van der Waals surface area contributed by atoms with Crippen LogP contribution in [0, 0.1) is 11.8 Å². The van der Waals surface area contributed by atoms with Crippen LogP contribution in [0.2, 0.25) is 0 Å². The van der Waals surface area contributed by atoms with Gasteiger partial charge in [0.15, 0.2) is 0 Å². The first-order valence-corrected chi connectivity index (χ1v) is 16.2. The third-order valence-electron chi connectivity index (χ3n) is 7.65. The lowest BCUT2D eigenvalue weighted by molar-refractivity contribution is -0.169. The van der Waals surface area contributed by atoms with Crippen molar-refractivity contribution in [2.24, 2.45) is 11.8 Å². The predicted octanol–water partition coefficient (Wildman–Crippen LogP) is 5.14. The van der Waals surface area contributed by atoms with Gasteiger partial charge >= 0.3 is 12.1 Å². The van der Waals surface area contributed by atoms with Crippen LogP contribution in [0.5, 0.6) is 0 Å². The highest BCUT2D eigenvalue weighted by molar-refractivity contribution is 7.99. The summed E-state index contributed by atoms with van der Waals surface area (Å²) < 4.78 is 20.7. The Labute approximate surface area is 253 Å². The summed E-state index contributed by atoms with van der Waals surface area (Å²) in [6, 6.07) is 7.85. The van der Waals surface area contributed by atoms with Crippen molar-refractivity contribution >= 4 is 29.7 Å². The largest absolute Gasteiger partial charge is 0.511 e. The van der Waals surface area contributed by atoms with Crippen LogP contribution in [0.4, 0.5) is 4.79 Å². The fourth-order valence-corrected chi connectivity index (χ4v) is 6.53. The topological polar surface area (TPSA) is 129 Å². The number of rotatable bonds is 16. The lowest BCUT2D eigenvalue weighted by Crippen LogP contribution is -2.26. The molecule has 2 N–H and O–H groups in total. The molecule has 0 heterocycles. The van der Waals surface area contributed by atoms with Crippen molar-refractivity contribution in [3.63, 3.8) is 0 Å². The molecule has 0 bridgehead atoms. The van der Waals surface area contributed by atoms with Gasteiger partial charge in [0.25, 0.3) is 0 Å². The molecule has 1 unspecified atom stereocenters. The molecule has 0 amide bonds. The lowest BCUT2D eigenvalue weighted by Gasteiger charge is -2.22. The molecule has 2 aliphatic rings. The molecular formula is C32H46O9S. The average molecular weight is 607 g/mol. The number of aliphatic hydroxyl groups excluding tert-OH is 2. The van der Waals surface area contributed by atoms with Crippen molar-refractivity contribution in [2.45, 2.75) is 102 Å². The van der Waals surface area contributed by atoms with Gasteiger partial charge in [0.1, 0.15) is 11.9 Å². The first-order valence-electron chi connectivity index (χ1n) is 15.0. The number of Topliss-reactive ketones (excluding diaryl/α,β-unsaturated/α-hetero) is 1. The molecule has 0 radical (unpaired) electrons. The van der Waals surface area contributed by atoms with E-state index in [-0.39, 0.29) is 36.6 Å². The molecule has 2 aliphatic carbocycles. The summed E-state index contributed by atoms with van der Waals surface area (Å²) in [5.41, 5.74) is 2.02. The molecule has 5 atom stereocenters. The van der Waals surface area contributed by atoms with Crippen molar-refractivity contribution in [3.05, 3.63) is 47.5 Å². The molecule has 0 aromatic heterocycles. The zero-order chi connectivity index (χ0) is 30.3. The van der Waals surface area contributed by atoms with E-state index in [0.717, 1.165) is 43.2 Å². The molecular weight excluding hydrogens is 560 g/mol. The second kappa shape index (κ2) is 18.3. The fourth-order valence-electron chi connectivity index (χ4n) is 5.55. The summed E-state index contributed by atoms with van der Waals surface area (Å²) in [5, 5.41) is 21.0. The van der Waals surface area contributed by atoms with Gasteiger partial charge in [0.2, 0.25) is 6.29 Å². The van der Waals surface area contributed by atoms with Crippen LogP contribution in [-0.4, -0.2) is 71.3 Å². The molecule has 2 fully saturated rings. The van der Waals surface area contributed by atoms with E-state index >= 15 is 0 Å². The number of methoxy groups -OCH3 is 1. The van der Waals surface area contributed by atoms with Crippen LogP contribution in [0.1, 0.15) is 75.8 Å². The van der Waals surface area contributed by atoms with Crippen molar-refractivity contribution in [1.82, 2.24) is 0 Å². The number of carbonyl (C=O) groups excluding carboxylic acids is 3. The maximum Gasteiger partial charge on any atom is 0.511 e. The Hall–Kier alpha value is -2.40. The summed E-state index contributed by atoms with van der Waals surface area (Å²) in [5.74, 6) is 0.394. The number of aliphatic hydroxyl groups is 2. The SMILES string of the molecule is COCc1cccc(C[C@H](O)C=C[C@H]2[C@H](O)CC(=O)[C@@H]2CCSCCCC(=O)OC(C)OC(=O)OC2CCCCC2)c1. The van der Waals surface area contributed by atoms with E-state index < -0.39 is 30.6 Å². The van der Waals surface area contributed by atoms with E-state index in [1.54, 1.807) is 31.0 Å². The monoisotopic (exact) mass is 606 g/mol. The van der Waals surface area contributed by atoms with Crippen molar-refractivity contribution < 1.29 is 43.5 Å². The third kappa shape index (κ3) is 12.1. The summed E-state index contributed by atoms with van der Waals surface area (Å²) in [6.07, 6.45) is 6.90. The number of ketones is 1. The molecule has 0 aliphatic heterocycles. The Morgan fingerprint density at radius 3 is 2.64 bits per heavy atom. The maximum atomic E-state index is 12.5. The highest BCUT2D eigenvalue weighted by Gasteiger charge is 2.39. The molecule has 10 heteroatoms. The first-order chi connectivity index (χ1) is 20.2. The number of hydrogen-bond acceptors (Lipinski definition) is 10. The van der Waals surface area contributed by atoms with E-state index in [2.05, 4.69) is 0 Å². The van der Waals surface area contributed by atoms with Gasteiger partial charge in [-0.1, -0.05) is 42.8 Å².